The van der Waals surface area contributed by atoms with Gasteiger partial charge in [0.15, 0.2) is 0 Å². The lowest BCUT2D eigenvalue weighted by atomic mass is 10.1. The molecule has 0 heterocycles. The molecule has 0 aliphatic carbocycles. The molecule has 21 heavy (non-hydrogen) atoms. The Labute approximate surface area is 130 Å². The molecule has 0 radical (unpaired) electrons. The van der Waals surface area contributed by atoms with Gasteiger partial charge in [0.25, 0.3) is 0 Å². The minimum Gasteiger partial charge on any atom is -0.480 e. The van der Waals surface area contributed by atoms with E-state index in [2.05, 4.69) is 12.2 Å². The molecule has 0 unspecified atom stereocenters. The molecule has 1 aromatic rings. The smallest absolute Gasteiger partial charge is 0.326 e. The third-order valence-electron chi connectivity index (χ3n) is 3.03. The SMILES string of the molecule is CCCCSCCC(=O)N[C@@H](Cc1ccccc1)C(=O)O. The van der Waals surface area contributed by atoms with E-state index in [0.717, 1.165) is 29.9 Å². The molecule has 1 aromatic carbocycles. The van der Waals surface area contributed by atoms with E-state index in [1.54, 1.807) is 11.8 Å². The van der Waals surface area contributed by atoms with Gasteiger partial charge in [0, 0.05) is 18.6 Å². The zero-order valence-corrected chi connectivity index (χ0v) is 13.2. The van der Waals surface area contributed by atoms with E-state index in [0.29, 0.717) is 12.8 Å². The van der Waals surface area contributed by atoms with Gasteiger partial charge in [-0.15, -0.1) is 0 Å². The zero-order chi connectivity index (χ0) is 15.5. The topological polar surface area (TPSA) is 66.4 Å². The summed E-state index contributed by atoms with van der Waals surface area (Å²) in [5.74, 6) is 0.604. The van der Waals surface area contributed by atoms with E-state index in [1.807, 2.05) is 30.3 Å². The maximum atomic E-state index is 11.8. The summed E-state index contributed by atoms with van der Waals surface area (Å²) in [6.45, 7) is 2.13. The Morgan fingerprint density at radius 2 is 1.95 bits per heavy atom. The molecule has 0 saturated carbocycles. The van der Waals surface area contributed by atoms with Crippen LogP contribution < -0.4 is 5.32 Å². The number of carbonyl (C=O) groups is 2. The van der Waals surface area contributed by atoms with Crippen LogP contribution in [-0.4, -0.2) is 34.5 Å². The number of unbranched alkanes of at least 4 members (excludes halogenated alkanes) is 1. The van der Waals surface area contributed by atoms with Crippen LogP contribution in [0.1, 0.15) is 31.7 Å². The van der Waals surface area contributed by atoms with Gasteiger partial charge in [-0.1, -0.05) is 43.7 Å². The van der Waals surface area contributed by atoms with Crippen LogP contribution in [0.25, 0.3) is 0 Å². The molecule has 1 rings (SSSR count). The highest BCUT2D eigenvalue weighted by molar-refractivity contribution is 7.99. The highest BCUT2D eigenvalue weighted by Crippen LogP contribution is 2.07. The van der Waals surface area contributed by atoms with Gasteiger partial charge in [-0.25, -0.2) is 4.79 Å². The van der Waals surface area contributed by atoms with Crippen molar-refractivity contribution < 1.29 is 14.7 Å². The first-order chi connectivity index (χ1) is 10.1. The Kier molecular flexibility index (Phi) is 8.59. The number of hydrogen-bond acceptors (Lipinski definition) is 3. The number of carboxylic acid groups (broad SMARTS) is 1. The van der Waals surface area contributed by atoms with Crippen molar-refractivity contribution in [3.8, 4) is 0 Å². The first-order valence-corrected chi connectivity index (χ1v) is 8.42. The third-order valence-corrected chi connectivity index (χ3v) is 4.10. The quantitative estimate of drug-likeness (QED) is 0.652. The molecule has 0 bridgehead atoms. The summed E-state index contributed by atoms with van der Waals surface area (Å²) in [5.41, 5.74) is 0.905. The van der Waals surface area contributed by atoms with Crippen molar-refractivity contribution in [3.63, 3.8) is 0 Å². The van der Waals surface area contributed by atoms with Crippen LogP contribution in [0, 0.1) is 0 Å². The zero-order valence-electron chi connectivity index (χ0n) is 12.4. The number of thioether (sulfide) groups is 1. The summed E-state index contributed by atoms with van der Waals surface area (Å²) in [6, 6.07) is 8.47. The van der Waals surface area contributed by atoms with Crippen molar-refractivity contribution in [3.05, 3.63) is 35.9 Å². The van der Waals surface area contributed by atoms with Crippen LogP contribution in [0.3, 0.4) is 0 Å². The fraction of sp³-hybridized carbons (Fsp3) is 0.500. The second kappa shape index (κ2) is 10.3. The van der Waals surface area contributed by atoms with Crippen molar-refractivity contribution in [2.24, 2.45) is 0 Å². The monoisotopic (exact) mass is 309 g/mol. The summed E-state index contributed by atoms with van der Waals surface area (Å²) in [7, 11) is 0. The molecule has 1 atom stereocenters. The lowest BCUT2D eigenvalue weighted by Crippen LogP contribution is -2.42. The summed E-state index contributed by atoms with van der Waals surface area (Å²) >= 11 is 1.74. The fourth-order valence-electron chi connectivity index (χ4n) is 1.83. The number of carbonyl (C=O) groups excluding carboxylic acids is 1. The van der Waals surface area contributed by atoms with E-state index in [4.69, 9.17) is 0 Å². The molecule has 4 nitrogen and oxygen atoms in total. The lowest BCUT2D eigenvalue weighted by Gasteiger charge is -2.14. The second-order valence-corrected chi connectivity index (χ2v) is 6.09. The van der Waals surface area contributed by atoms with Crippen LogP contribution in [0.4, 0.5) is 0 Å². The maximum Gasteiger partial charge on any atom is 0.326 e. The molecule has 2 N–H and O–H groups in total. The van der Waals surface area contributed by atoms with Gasteiger partial charge in [0.1, 0.15) is 6.04 Å². The van der Waals surface area contributed by atoms with Gasteiger partial charge >= 0.3 is 5.97 Å². The number of amides is 1. The average molecular weight is 309 g/mol. The van der Waals surface area contributed by atoms with Crippen molar-refractivity contribution in [1.29, 1.82) is 0 Å². The van der Waals surface area contributed by atoms with Crippen molar-refractivity contribution in [1.82, 2.24) is 5.32 Å². The number of rotatable bonds is 10. The maximum absolute atomic E-state index is 11.8. The van der Waals surface area contributed by atoms with Crippen molar-refractivity contribution in [2.45, 2.75) is 38.6 Å². The minimum atomic E-state index is -0.995. The van der Waals surface area contributed by atoms with Crippen LogP contribution in [0.15, 0.2) is 30.3 Å². The van der Waals surface area contributed by atoms with Gasteiger partial charge in [-0.3, -0.25) is 4.79 Å². The number of nitrogens with one attached hydrogen (secondary N) is 1. The summed E-state index contributed by atoms with van der Waals surface area (Å²) < 4.78 is 0. The second-order valence-electron chi connectivity index (χ2n) is 4.86. The molecule has 1 amide bonds. The van der Waals surface area contributed by atoms with Crippen molar-refractivity contribution >= 4 is 23.6 Å². The third kappa shape index (κ3) is 7.75. The Bertz CT molecular complexity index is 436. The highest BCUT2D eigenvalue weighted by atomic mass is 32.2. The van der Waals surface area contributed by atoms with Crippen LogP contribution in [-0.2, 0) is 16.0 Å². The van der Waals surface area contributed by atoms with Crippen LogP contribution in [0.2, 0.25) is 0 Å². The first kappa shape index (κ1) is 17.6. The van der Waals surface area contributed by atoms with Gasteiger partial charge in [0.2, 0.25) is 5.91 Å². The van der Waals surface area contributed by atoms with E-state index in [9.17, 15) is 14.7 Å². The Morgan fingerprint density at radius 1 is 1.24 bits per heavy atom. The molecule has 116 valence electrons. The van der Waals surface area contributed by atoms with E-state index >= 15 is 0 Å². The van der Waals surface area contributed by atoms with Crippen molar-refractivity contribution in [2.75, 3.05) is 11.5 Å². The molecule has 0 aliphatic heterocycles. The largest absolute Gasteiger partial charge is 0.480 e. The van der Waals surface area contributed by atoms with E-state index < -0.39 is 12.0 Å². The normalized spacial score (nSPS) is 11.9. The van der Waals surface area contributed by atoms with Gasteiger partial charge < -0.3 is 10.4 Å². The van der Waals surface area contributed by atoms with E-state index in [1.165, 1.54) is 0 Å². The van der Waals surface area contributed by atoms with E-state index in [-0.39, 0.29) is 5.91 Å². The molecule has 0 fully saturated rings. The Hall–Kier alpha value is -1.49. The molecule has 0 spiro atoms. The van der Waals surface area contributed by atoms with Gasteiger partial charge in [0.05, 0.1) is 0 Å². The summed E-state index contributed by atoms with van der Waals surface area (Å²) in [5, 5.41) is 11.8. The predicted molar refractivity (Wildman–Crippen MR) is 86.6 cm³/mol. The molecule has 0 saturated heterocycles. The Balaban J connectivity index is 2.36. The lowest BCUT2D eigenvalue weighted by molar-refractivity contribution is -0.141. The molecule has 0 aromatic heterocycles. The predicted octanol–water partition coefficient (Wildman–Crippen LogP) is 2.72. The number of carboxylic acids is 1. The Morgan fingerprint density at radius 3 is 2.57 bits per heavy atom. The number of aliphatic carboxylic acids is 1. The van der Waals surface area contributed by atoms with Gasteiger partial charge in [-0.2, -0.15) is 11.8 Å². The van der Waals surface area contributed by atoms with Crippen LogP contribution >= 0.6 is 11.8 Å². The first-order valence-electron chi connectivity index (χ1n) is 7.27. The van der Waals surface area contributed by atoms with Crippen LogP contribution in [0.5, 0.6) is 0 Å². The summed E-state index contributed by atoms with van der Waals surface area (Å²) in [6.07, 6.45) is 2.98. The molecule has 5 heteroatoms. The average Bonchev–Trinajstić information content (AvgIpc) is 2.47. The standard InChI is InChI=1S/C16H23NO3S/c1-2-3-10-21-11-9-15(18)17-14(16(19)20)12-13-7-5-4-6-8-13/h4-8,14H,2-3,9-12H2,1H3,(H,17,18)(H,19,20)/t14-/m0/s1. The minimum absolute atomic E-state index is 0.192. The van der Waals surface area contributed by atoms with Gasteiger partial charge in [-0.05, 0) is 17.7 Å². The molecular weight excluding hydrogens is 286 g/mol. The summed E-state index contributed by atoms with van der Waals surface area (Å²) in [4.78, 5) is 23.0. The number of hydrogen-bond donors (Lipinski definition) is 2. The molecular formula is C16H23NO3S. The fourth-order valence-corrected chi connectivity index (χ4v) is 2.86. The highest BCUT2D eigenvalue weighted by Gasteiger charge is 2.19. The number of benzene rings is 1. The molecule has 0 aliphatic rings.